The SMILES string of the molecule is O=C1NC(=O)C2C1CC=C1C2CC2C(=O)N(c3cccc(Cl)c3)C(=O)C2(c2ccccc2)C1c1cc(OC(F)(F)F)ccc1O. The Morgan fingerprint density at radius 2 is 1.69 bits per heavy atom. The van der Waals surface area contributed by atoms with Crippen LogP contribution in [-0.2, 0) is 24.6 Å². The van der Waals surface area contributed by atoms with Gasteiger partial charge in [-0.1, -0.05) is 59.6 Å². The summed E-state index contributed by atoms with van der Waals surface area (Å²) in [7, 11) is 0. The molecule has 0 radical (unpaired) electrons. The second-order valence-corrected chi connectivity index (χ2v) is 12.2. The molecule has 0 spiro atoms. The van der Waals surface area contributed by atoms with E-state index in [-0.39, 0.29) is 29.1 Å². The molecular weight excluding hydrogens is 613 g/mol. The van der Waals surface area contributed by atoms with Crippen LogP contribution < -0.4 is 15.0 Å². The minimum atomic E-state index is -5.05. The molecule has 8 nitrogen and oxygen atoms in total. The number of ether oxygens (including phenoxy) is 1. The Morgan fingerprint density at radius 3 is 2.40 bits per heavy atom. The molecule has 2 saturated heterocycles. The predicted molar refractivity (Wildman–Crippen MR) is 154 cm³/mol. The molecule has 12 heteroatoms. The van der Waals surface area contributed by atoms with Gasteiger partial charge in [-0.15, -0.1) is 13.2 Å². The first-order chi connectivity index (χ1) is 21.4. The number of nitrogens with zero attached hydrogens (tertiary/aromatic N) is 1. The third-order valence-corrected chi connectivity index (χ3v) is 9.79. The van der Waals surface area contributed by atoms with Gasteiger partial charge < -0.3 is 9.84 Å². The first kappa shape index (κ1) is 29.1. The van der Waals surface area contributed by atoms with Crippen molar-refractivity contribution in [1.29, 1.82) is 0 Å². The third kappa shape index (κ3) is 4.35. The summed E-state index contributed by atoms with van der Waals surface area (Å²) in [5.74, 6) is -7.94. The lowest BCUT2D eigenvalue weighted by molar-refractivity contribution is -0.274. The lowest BCUT2D eigenvalue weighted by Crippen LogP contribution is -2.53. The molecule has 6 atom stereocenters. The predicted octanol–water partition coefficient (Wildman–Crippen LogP) is 5.39. The van der Waals surface area contributed by atoms with Gasteiger partial charge in [-0.05, 0) is 60.7 Å². The number of hydrogen-bond donors (Lipinski definition) is 2. The Morgan fingerprint density at radius 1 is 0.933 bits per heavy atom. The highest BCUT2D eigenvalue weighted by molar-refractivity contribution is 6.32. The number of halogens is 4. The summed E-state index contributed by atoms with van der Waals surface area (Å²) >= 11 is 6.26. The van der Waals surface area contributed by atoms with Crippen molar-refractivity contribution in [2.45, 2.75) is 30.5 Å². The number of alkyl halides is 3. The van der Waals surface area contributed by atoms with Crippen LogP contribution in [0.1, 0.15) is 29.9 Å². The fourth-order valence-corrected chi connectivity index (χ4v) is 8.14. The Labute approximate surface area is 259 Å². The molecule has 7 rings (SSSR count). The number of carbonyl (C=O) groups excluding carboxylic acids is 4. The van der Waals surface area contributed by atoms with Gasteiger partial charge in [0.15, 0.2) is 0 Å². The zero-order chi connectivity index (χ0) is 31.8. The zero-order valence-corrected chi connectivity index (χ0v) is 24.0. The van der Waals surface area contributed by atoms with Crippen LogP contribution in [-0.4, -0.2) is 35.1 Å². The van der Waals surface area contributed by atoms with Crippen LogP contribution in [0.2, 0.25) is 5.02 Å². The Balaban J connectivity index is 1.53. The number of rotatable bonds is 4. The highest BCUT2D eigenvalue weighted by atomic mass is 35.5. The van der Waals surface area contributed by atoms with E-state index in [1.54, 1.807) is 54.6 Å². The van der Waals surface area contributed by atoms with Crippen molar-refractivity contribution in [3.8, 4) is 11.5 Å². The second kappa shape index (κ2) is 10.2. The third-order valence-electron chi connectivity index (χ3n) is 9.55. The number of hydrogen-bond acceptors (Lipinski definition) is 6. The molecule has 1 saturated carbocycles. The van der Waals surface area contributed by atoms with Crippen molar-refractivity contribution >= 4 is 40.9 Å². The number of nitrogens with one attached hydrogen (secondary N) is 1. The van der Waals surface area contributed by atoms with E-state index in [1.807, 2.05) is 0 Å². The maximum absolute atomic E-state index is 15.0. The van der Waals surface area contributed by atoms with Crippen LogP contribution in [0.5, 0.6) is 11.5 Å². The van der Waals surface area contributed by atoms with E-state index in [0.717, 1.165) is 23.1 Å². The van der Waals surface area contributed by atoms with Gasteiger partial charge in [-0.25, -0.2) is 4.90 Å². The van der Waals surface area contributed by atoms with E-state index in [4.69, 9.17) is 11.6 Å². The maximum Gasteiger partial charge on any atom is 0.573 e. The normalized spacial score (nSPS) is 29.1. The lowest BCUT2D eigenvalue weighted by Gasteiger charge is -2.50. The molecule has 6 unspecified atom stereocenters. The molecule has 2 N–H and O–H groups in total. The number of fused-ring (bicyclic) bond motifs is 4. The van der Waals surface area contributed by atoms with Gasteiger partial charge in [0, 0.05) is 16.5 Å². The summed E-state index contributed by atoms with van der Waals surface area (Å²) in [6.45, 7) is 0. The van der Waals surface area contributed by atoms with Crippen molar-refractivity contribution in [2.75, 3.05) is 4.90 Å². The summed E-state index contributed by atoms with van der Waals surface area (Å²) in [5, 5.41) is 13.9. The fraction of sp³-hybridized carbons (Fsp3) is 0.273. The molecule has 0 bridgehead atoms. The van der Waals surface area contributed by atoms with Gasteiger partial charge in [-0.3, -0.25) is 24.5 Å². The van der Waals surface area contributed by atoms with E-state index < -0.39 is 76.5 Å². The number of benzene rings is 3. The molecule has 230 valence electrons. The highest BCUT2D eigenvalue weighted by Gasteiger charge is 2.70. The van der Waals surface area contributed by atoms with Crippen LogP contribution in [0.25, 0.3) is 0 Å². The van der Waals surface area contributed by atoms with Gasteiger partial charge in [0.25, 0.3) is 0 Å². The lowest BCUT2D eigenvalue weighted by atomic mass is 9.49. The number of carbonyl (C=O) groups is 4. The summed E-state index contributed by atoms with van der Waals surface area (Å²) in [4.78, 5) is 56.4. The molecule has 3 aromatic carbocycles. The first-order valence-electron chi connectivity index (χ1n) is 14.2. The monoisotopic (exact) mass is 636 g/mol. The Bertz CT molecular complexity index is 1810. The summed E-state index contributed by atoms with van der Waals surface area (Å²) < 4.78 is 44.3. The minimum absolute atomic E-state index is 0.000235. The van der Waals surface area contributed by atoms with E-state index in [0.29, 0.717) is 11.1 Å². The van der Waals surface area contributed by atoms with Crippen LogP contribution >= 0.6 is 11.6 Å². The van der Waals surface area contributed by atoms with Gasteiger partial charge in [-0.2, -0.15) is 0 Å². The standard InChI is InChI=1S/C33H24ClF3N2O6/c34-17-7-4-8-18(13-17)39-30(43)24-15-22-20(10-11-21-26(22)29(42)38-28(21)41)27(32(24,31(39)44)16-5-2-1-3-6-16)23-14-19(9-12-25(23)40)45-33(35,36)37/h1-10,12-14,21-22,24,26-27,40H,11,15H2,(H,38,41,42). The topological polar surface area (TPSA) is 113 Å². The van der Waals surface area contributed by atoms with E-state index in [1.165, 1.54) is 6.07 Å². The molecule has 4 aliphatic rings. The van der Waals surface area contributed by atoms with Gasteiger partial charge in [0.2, 0.25) is 23.6 Å². The number of amides is 4. The summed E-state index contributed by atoms with van der Waals surface area (Å²) in [5.41, 5.74) is -0.766. The Hall–Kier alpha value is -4.64. The van der Waals surface area contributed by atoms with E-state index in [2.05, 4.69) is 10.1 Å². The second-order valence-electron chi connectivity index (χ2n) is 11.7. The molecule has 45 heavy (non-hydrogen) atoms. The quantitative estimate of drug-likeness (QED) is 0.293. The fourth-order valence-electron chi connectivity index (χ4n) is 7.96. The number of allylic oxidation sites excluding steroid dienone is 2. The first-order valence-corrected chi connectivity index (χ1v) is 14.6. The van der Waals surface area contributed by atoms with Crippen LogP contribution in [0.4, 0.5) is 18.9 Å². The molecule has 3 fully saturated rings. The van der Waals surface area contributed by atoms with Crippen molar-refractivity contribution in [3.63, 3.8) is 0 Å². The molecule has 4 amide bonds. The van der Waals surface area contributed by atoms with Gasteiger partial charge >= 0.3 is 6.36 Å². The molecule has 0 aromatic heterocycles. The molecule has 2 aliphatic carbocycles. The largest absolute Gasteiger partial charge is 0.573 e. The number of phenols is 1. The smallest absolute Gasteiger partial charge is 0.508 e. The average Bonchev–Trinajstić information content (AvgIpc) is 3.41. The Kier molecular flexibility index (Phi) is 6.59. The van der Waals surface area contributed by atoms with Crippen molar-refractivity contribution in [3.05, 3.63) is 101 Å². The minimum Gasteiger partial charge on any atom is -0.508 e. The number of imide groups is 2. The van der Waals surface area contributed by atoms with Crippen LogP contribution in [0.3, 0.4) is 0 Å². The van der Waals surface area contributed by atoms with E-state index in [9.17, 15) is 32.7 Å². The number of phenolic OH excluding ortho intramolecular Hbond substituents is 1. The van der Waals surface area contributed by atoms with Crippen LogP contribution in [0.15, 0.2) is 84.4 Å². The van der Waals surface area contributed by atoms with Gasteiger partial charge in [0.1, 0.15) is 11.5 Å². The average molecular weight is 637 g/mol. The van der Waals surface area contributed by atoms with Crippen LogP contribution in [0, 0.1) is 23.7 Å². The molecular formula is C33H24ClF3N2O6. The molecule has 3 aromatic rings. The summed E-state index contributed by atoms with van der Waals surface area (Å²) in [6, 6.07) is 17.6. The maximum atomic E-state index is 15.0. The number of anilines is 1. The van der Waals surface area contributed by atoms with Crippen molar-refractivity contribution in [1.82, 2.24) is 5.32 Å². The molecule has 2 heterocycles. The van der Waals surface area contributed by atoms with E-state index >= 15 is 4.79 Å². The number of aromatic hydroxyl groups is 1. The summed E-state index contributed by atoms with van der Waals surface area (Å²) in [6.07, 6.45) is -3.20. The molecule has 2 aliphatic heterocycles. The highest BCUT2D eigenvalue weighted by Crippen LogP contribution is 2.65. The zero-order valence-electron chi connectivity index (χ0n) is 23.3. The van der Waals surface area contributed by atoms with Crippen molar-refractivity contribution in [2.24, 2.45) is 23.7 Å². The van der Waals surface area contributed by atoms with Gasteiger partial charge in [0.05, 0.1) is 28.9 Å². The van der Waals surface area contributed by atoms with Crippen molar-refractivity contribution < 1.29 is 42.2 Å².